The van der Waals surface area contributed by atoms with Gasteiger partial charge in [0.25, 0.3) is 0 Å². The van der Waals surface area contributed by atoms with Crippen molar-refractivity contribution in [3.05, 3.63) is 115 Å². The molecule has 0 nitrogen and oxygen atoms in total. The number of hydrogen-bond donors (Lipinski definition) is 0. The summed E-state index contributed by atoms with van der Waals surface area (Å²) in [5.41, 5.74) is 1.36. The van der Waals surface area contributed by atoms with E-state index in [1.54, 1.807) is 0 Å². The molecule has 0 N–H and O–H groups in total. The van der Waals surface area contributed by atoms with Gasteiger partial charge < -0.3 is 0 Å². The van der Waals surface area contributed by atoms with Crippen molar-refractivity contribution < 1.29 is 19.5 Å². The second-order valence-corrected chi connectivity index (χ2v) is 8.22. The summed E-state index contributed by atoms with van der Waals surface area (Å²) in [5, 5.41) is 4.19. The summed E-state index contributed by atoms with van der Waals surface area (Å²) in [6, 6.07) is 32.3. The zero-order valence-electron chi connectivity index (χ0n) is 15.5. The molecule has 0 bridgehead atoms. The molecule has 3 aromatic carbocycles. The molecule has 0 aliphatic heterocycles. The predicted octanol–water partition coefficient (Wildman–Crippen LogP) is 5.53. The Hall–Kier alpha value is -1.81. The third-order valence-electron chi connectivity index (χ3n) is 4.19. The van der Waals surface area contributed by atoms with Crippen LogP contribution >= 0.6 is 7.92 Å². The number of hydrogen-bond acceptors (Lipinski definition) is 0. The Balaban J connectivity index is 0.000000278. The van der Waals surface area contributed by atoms with E-state index in [0.717, 1.165) is 12.8 Å². The van der Waals surface area contributed by atoms with Crippen LogP contribution in [0.2, 0.25) is 0 Å². The topological polar surface area (TPSA) is 0 Å². The van der Waals surface area contributed by atoms with E-state index < -0.39 is 7.92 Å². The van der Waals surface area contributed by atoms with Gasteiger partial charge in [0.2, 0.25) is 0 Å². The van der Waals surface area contributed by atoms with Crippen molar-refractivity contribution in [2.75, 3.05) is 0 Å². The van der Waals surface area contributed by atoms with E-state index in [2.05, 4.69) is 116 Å². The standard InChI is InChI=1S/C18H15P.C7H9.Ru/c1-4-10-16(11-5-1)19(17-12-6-2-7-13-17)18-14-8-3-9-15-18;1-2-7-5-3-4-6-7;/h1-15H;3,5H,2,4H2,1H3;/q;-1;+1. The zero-order chi connectivity index (χ0) is 18.0. The molecule has 0 spiro atoms. The van der Waals surface area contributed by atoms with Crippen LogP contribution in [0.25, 0.3) is 0 Å². The van der Waals surface area contributed by atoms with Crippen LogP contribution in [-0.4, -0.2) is 0 Å². The molecule has 1 aliphatic carbocycles. The van der Waals surface area contributed by atoms with Crippen LogP contribution in [0.5, 0.6) is 0 Å². The minimum Gasteiger partial charge on any atom is -0.270 e. The van der Waals surface area contributed by atoms with Gasteiger partial charge in [0.05, 0.1) is 0 Å². The van der Waals surface area contributed by atoms with Gasteiger partial charge in [0.15, 0.2) is 0 Å². The van der Waals surface area contributed by atoms with Gasteiger partial charge in [-0.3, -0.25) is 6.08 Å². The second kappa shape index (κ2) is 11.8. The van der Waals surface area contributed by atoms with Crippen molar-refractivity contribution >= 4 is 23.8 Å². The summed E-state index contributed by atoms with van der Waals surface area (Å²) in [7, 11) is -0.446. The van der Waals surface area contributed by atoms with Crippen molar-refractivity contribution in [3.63, 3.8) is 0 Å². The van der Waals surface area contributed by atoms with E-state index in [0.29, 0.717) is 0 Å². The van der Waals surface area contributed by atoms with Gasteiger partial charge >= 0.3 is 19.5 Å². The Morgan fingerprint density at radius 1 is 0.704 bits per heavy atom. The Labute approximate surface area is 177 Å². The Morgan fingerprint density at radius 2 is 1.11 bits per heavy atom. The quantitative estimate of drug-likeness (QED) is 0.275. The van der Waals surface area contributed by atoms with Crippen molar-refractivity contribution in [1.82, 2.24) is 0 Å². The van der Waals surface area contributed by atoms with Gasteiger partial charge in [0, 0.05) is 0 Å². The first kappa shape index (κ1) is 21.5. The van der Waals surface area contributed by atoms with E-state index in [1.165, 1.54) is 21.5 Å². The molecule has 1 aliphatic rings. The average molecular weight is 457 g/mol. The zero-order valence-corrected chi connectivity index (χ0v) is 18.2. The van der Waals surface area contributed by atoms with Gasteiger partial charge in [-0.2, -0.15) is 6.08 Å². The monoisotopic (exact) mass is 457 g/mol. The first-order chi connectivity index (χ1) is 12.9. The SMILES string of the molecule is CCC1=[C-]CC=C1.[Ru+].c1ccc(P(c2ccccc2)c2ccccc2)cc1. The third-order valence-corrected chi connectivity index (χ3v) is 6.63. The fourth-order valence-corrected chi connectivity index (χ4v) is 5.18. The summed E-state index contributed by atoms with van der Waals surface area (Å²) < 4.78 is 0. The van der Waals surface area contributed by atoms with Crippen LogP contribution in [0.4, 0.5) is 0 Å². The van der Waals surface area contributed by atoms with Crippen LogP contribution < -0.4 is 15.9 Å². The maximum atomic E-state index is 3.21. The molecule has 0 saturated carbocycles. The fraction of sp³-hybridized carbons (Fsp3) is 0.120. The smallest absolute Gasteiger partial charge is 0.270 e. The third kappa shape index (κ3) is 6.39. The van der Waals surface area contributed by atoms with Gasteiger partial charge in [-0.05, 0) is 23.8 Å². The van der Waals surface area contributed by atoms with Crippen molar-refractivity contribution in [1.29, 1.82) is 0 Å². The average Bonchev–Trinajstić information content (AvgIpc) is 3.25. The first-order valence-corrected chi connectivity index (χ1v) is 10.4. The van der Waals surface area contributed by atoms with E-state index in [4.69, 9.17) is 0 Å². The Morgan fingerprint density at radius 3 is 1.37 bits per heavy atom. The minimum absolute atomic E-state index is 0. The predicted molar refractivity (Wildman–Crippen MR) is 116 cm³/mol. The summed E-state index contributed by atoms with van der Waals surface area (Å²) in [6.45, 7) is 2.15. The summed E-state index contributed by atoms with van der Waals surface area (Å²) in [4.78, 5) is 0. The maximum absolute atomic E-state index is 3.21. The van der Waals surface area contributed by atoms with Crippen molar-refractivity contribution in [3.8, 4) is 0 Å². The molecule has 0 atom stereocenters. The van der Waals surface area contributed by atoms with Crippen LogP contribution in [0.3, 0.4) is 0 Å². The molecule has 4 rings (SSSR count). The molecule has 137 valence electrons. The van der Waals surface area contributed by atoms with E-state index in [-0.39, 0.29) is 19.5 Å². The van der Waals surface area contributed by atoms with Crippen molar-refractivity contribution in [2.45, 2.75) is 19.8 Å². The molecule has 0 aromatic heterocycles. The number of allylic oxidation sites excluding steroid dienone is 4. The molecule has 0 amide bonds. The first-order valence-electron chi connectivity index (χ1n) is 9.10. The summed E-state index contributed by atoms with van der Waals surface area (Å²) >= 11 is 0. The summed E-state index contributed by atoms with van der Waals surface area (Å²) in [6.07, 6.45) is 9.65. The van der Waals surface area contributed by atoms with Gasteiger partial charge in [0.1, 0.15) is 0 Å². The maximum Gasteiger partial charge on any atom is 1.00 e. The molecule has 3 aromatic rings. The van der Waals surface area contributed by atoms with Gasteiger partial charge in [-0.1, -0.05) is 104 Å². The molecular formula is C25H24PRu. The molecule has 1 radical (unpaired) electrons. The van der Waals surface area contributed by atoms with E-state index in [9.17, 15) is 0 Å². The van der Waals surface area contributed by atoms with Gasteiger partial charge in [-0.15, -0.1) is 6.42 Å². The molecule has 0 fully saturated rings. The van der Waals surface area contributed by atoms with Crippen LogP contribution in [-0.2, 0) is 19.5 Å². The van der Waals surface area contributed by atoms with Crippen molar-refractivity contribution in [2.24, 2.45) is 0 Å². The van der Waals surface area contributed by atoms with Gasteiger partial charge in [-0.25, -0.2) is 11.6 Å². The molecule has 2 heteroatoms. The number of rotatable bonds is 4. The fourth-order valence-electron chi connectivity index (χ4n) is 2.87. The van der Waals surface area contributed by atoms with Crippen LogP contribution in [0, 0.1) is 6.08 Å². The molecule has 0 heterocycles. The van der Waals surface area contributed by atoms with E-state index in [1.807, 2.05) is 0 Å². The minimum atomic E-state index is -0.446. The molecule has 0 saturated heterocycles. The molecular weight excluding hydrogens is 432 g/mol. The molecule has 0 unspecified atom stereocenters. The van der Waals surface area contributed by atoms with Crippen LogP contribution in [0.1, 0.15) is 19.8 Å². The second-order valence-electron chi connectivity index (χ2n) is 6.00. The normalized spacial score (nSPS) is 12.0. The Bertz CT molecular complexity index is 745. The van der Waals surface area contributed by atoms with E-state index >= 15 is 0 Å². The Kier molecular flexibility index (Phi) is 9.40. The largest absolute Gasteiger partial charge is 1.00 e. The molecule has 27 heavy (non-hydrogen) atoms. The van der Waals surface area contributed by atoms with Crippen LogP contribution in [0.15, 0.2) is 109 Å². The summed E-state index contributed by atoms with van der Waals surface area (Å²) in [5.74, 6) is 0. The number of benzene rings is 3.